The number of nitrogens with one attached hydrogen (secondary N) is 1. The molecule has 0 aliphatic heterocycles. The number of hydrogen-bond acceptors (Lipinski definition) is 5. The molecule has 0 amide bonds. The highest BCUT2D eigenvalue weighted by molar-refractivity contribution is 5.05. The van der Waals surface area contributed by atoms with Gasteiger partial charge in [-0.1, -0.05) is 12.8 Å². The molecule has 0 saturated heterocycles. The molecule has 1 saturated carbocycles. The van der Waals surface area contributed by atoms with Gasteiger partial charge in [-0.3, -0.25) is 11.3 Å². The first kappa shape index (κ1) is 15.4. The van der Waals surface area contributed by atoms with Crippen LogP contribution in [0.4, 0.5) is 0 Å². The smallest absolute Gasteiger partial charge is 0.138 e. The molecule has 1 atom stereocenters. The quantitative estimate of drug-likeness (QED) is 0.603. The number of hydrazine groups is 1. The minimum Gasteiger partial charge on any atom is -0.302 e. The first-order chi connectivity index (χ1) is 9.51. The van der Waals surface area contributed by atoms with E-state index in [2.05, 4.69) is 48.4 Å². The Labute approximate surface area is 121 Å². The molecule has 6 nitrogen and oxygen atoms in total. The third-order valence-electron chi connectivity index (χ3n) is 4.73. The highest BCUT2D eigenvalue weighted by Gasteiger charge is 2.43. The summed E-state index contributed by atoms with van der Waals surface area (Å²) in [6.45, 7) is 4.25. The van der Waals surface area contributed by atoms with Gasteiger partial charge in [0.1, 0.15) is 12.2 Å². The molecule has 0 bridgehead atoms. The van der Waals surface area contributed by atoms with E-state index >= 15 is 0 Å². The van der Waals surface area contributed by atoms with Crippen LogP contribution in [-0.4, -0.2) is 45.3 Å². The predicted octanol–water partition coefficient (Wildman–Crippen LogP) is 1.11. The lowest BCUT2D eigenvalue weighted by Crippen LogP contribution is -2.60. The Bertz CT molecular complexity index is 419. The van der Waals surface area contributed by atoms with Crippen LogP contribution in [0, 0.1) is 0 Å². The van der Waals surface area contributed by atoms with E-state index in [-0.39, 0.29) is 11.6 Å². The van der Waals surface area contributed by atoms with Crippen molar-refractivity contribution in [3.05, 3.63) is 12.2 Å². The SMILES string of the molecule is CC(C)n1ncnc1CC(NN)C1(N(C)C)CCCC1. The third-order valence-corrected chi connectivity index (χ3v) is 4.73. The Morgan fingerprint density at radius 1 is 1.40 bits per heavy atom. The van der Waals surface area contributed by atoms with E-state index in [1.54, 1.807) is 6.33 Å². The summed E-state index contributed by atoms with van der Waals surface area (Å²) < 4.78 is 1.99. The van der Waals surface area contributed by atoms with Crippen LogP contribution in [0.25, 0.3) is 0 Å². The van der Waals surface area contributed by atoms with Gasteiger partial charge in [0.2, 0.25) is 0 Å². The van der Waals surface area contributed by atoms with Gasteiger partial charge in [-0.2, -0.15) is 5.10 Å². The summed E-state index contributed by atoms with van der Waals surface area (Å²) in [7, 11) is 4.31. The van der Waals surface area contributed by atoms with E-state index in [4.69, 9.17) is 5.84 Å². The van der Waals surface area contributed by atoms with Gasteiger partial charge >= 0.3 is 0 Å². The van der Waals surface area contributed by atoms with Crippen molar-refractivity contribution in [2.24, 2.45) is 5.84 Å². The minimum atomic E-state index is 0.127. The summed E-state index contributed by atoms with van der Waals surface area (Å²) in [5, 5.41) is 4.32. The molecule has 20 heavy (non-hydrogen) atoms. The van der Waals surface area contributed by atoms with Crippen LogP contribution in [-0.2, 0) is 6.42 Å². The first-order valence-corrected chi connectivity index (χ1v) is 7.53. The molecule has 0 radical (unpaired) electrons. The Balaban J connectivity index is 2.22. The van der Waals surface area contributed by atoms with Crippen LogP contribution >= 0.6 is 0 Å². The van der Waals surface area contributed by atoms with Crippen molar-refractivity contribution in [1.29, 1.82) is 0 Å². The molecule has 2 rings (SSSR count). The fraction of sp³-hybridized carbons (Fsp3) is 0.857. The molecule has 0 aromatic carbocycles. The third kappa shape index (κ3) is 2.73. The lowest BCUT2D eigenvalue weighted by molar-refractivity contribution is 0.103. The van der Waals surface area contributed by atoms with Gasteiger partial charge in [-0.25, -0.2) is 9.67 Å². The van der Waals surface area contributed by atoms with E-state index in [1.807, 2.05) is 4.68 Å². The molecule has 1 aromatic rings. The fourth-order valence-electron chi connectivity index (χ4n) is 3.53. The molecule has 1 fully saturated rings. The van der Waals surface area contributed by atoms with Crippen molar-refractivity contribution in [2.45, 2.75) is 63.6 Å². The maximum atomic E-state index is 5.88. The van der Waals surface area contributed by atoms with Crippen LogP contribution in [0.2, 0.25) is 0 Å². The summed E-state index contributed by atoms with van der Waals surface area (Å²) in [5.74, 6) is 6.89. The van der Waals surface area contributed by atoms with Gasteiger partial charge < -0.3 is 4.90 Å². The Kier molecular flexibility index (Phi) is 4.78. The molecular weight excluding hydrogens is 252 g/mol. The first-order valence-electron chi connectivity index (χ1n) is 7.53. The Morgan fingerprint density at radius 3 is 2.55 bits per heavy atom. The zero-order valence-corrected chi connectivity index (χ0v) is 13.1. The van der Waals surface area contributed by atoms with Crippen LogP contribution in [0.3, 0.4) is 0 Å². The zero-order valence-electron chi connectivity index (χ0n) is 13.1. The van der Waals surface area contributed by atoms with Crippen molar-refractivity contribution < 1.29 is 0 Å². The highest BCUT2D eigenvalue weighted by Crippen LogP contribution is 2.37. The average Bonchev–Trinajstić information content (AvgIpc) is 3.05. The molecule has 1 aliphatic rings. The molecule has 1 aliphatic carbocycles. The number of hydrogen-bond donors (Lipinski definition) is 2. The molecule has 1 heterocycles. The van der Waals surface area contributed by atoms with Crippen LogP contribution in [0.1, 0.15) is 51.4 Å². The summed E-state index contributed by atoms with van der Waals surface area (Å²) in [4.78, 5) is 6.76. The minimum absolute atomic E-state index is 0.127. The van der Waals surface area contributed by atoms with Crippen molar-refractivity contribution in [3.8, 4) is 0 Å². The molecule has 114 valence electrons. The molecule has 3 N–H and O–H groups in total. The van der Waals surface area contributed by atoms with Gasteiger partial charge in [0.05, 0.1) is 0 Å². The normalized spacial score (nSPS) is 19.9. The van der Waals surface area contributed by atoms with Gasteiger partial charge in [0.15, 0.2) is 0 Å². The number of rotatable bonds is 6. The summed E-state index contributed by atoms with van der Waals surface area (Å²) >= 11 is 0. The monoisotopic (exact) mass is 280 g/mol. The van der Waals surface area contributed by atoms with E-state index < -0.39 is 0 Å². The second-order valence-corrected chi connectivity index (χ2v) is 6.34. The number of likely N-dealkylation sites (N-methyl/N-ethyl adjacent to an activating group) is 1. The van der Waals surface area contributed by atoms with Gasteiger partial charge in [0.25, 0.3) is 0 Å². The second-order valence-electron chi connectivity index (χ2n) is 6.34. The number of aromatic nitrogens is 3. The second kappa shape index (κ2) is 6.20. The van der Waals surface area contributed by atoms with Crippen molar-refractivity contribution in [1.82, 2.24) is 25.1 Å². The van der Waals surface area contributed by atoms with Crippen molar-refractivity contribution >= 4 is 0 Å². The highest BCUT2D eigenvalue weighted by atomic mass is 15.4. The van der Waals surface area contributed by atoms with E-state index in [0.29, 0.717) is 6.04 Å². The fourth-order valence-corrected chi connectivity index (χ4v) is 3.53. The van der Waals surface area contributed by atoms with E-state index in [9.17, 15) is 0 Å². The maximum Gasteiger partial charge on any atom is 0.138 e. The summed E-state index contributed by atoms with van der Waals surface area (Å²) in [6, 6.07) is 0.520. The van der Waals surface area contributed by atoms with Crippen molar-refractivity contribution in [3.63, 3.8) is 0 Å². The molecule has 0 spiro atoms. The maximum absolute atomic E-state index is 5.88. The predicted molar refractivity (Wildman–Crippen MR) is 80.1 cm³/mol. The van der Waals surface area contributed by atoms with Gasteiger partial charge in [-0.15, -0.1) is 0 Å². The van der Waals surface area contributed by atoms with E-state index in [0.717, 1.165) is 12.2 Å². The topological polar surface area (TPSA) is 72.0 Å². The van der Waals surface area contributed by atoms with Gasteiger partial charge in [-0.05, 0) is 40.8 Å². The standard InChI is InChI=1S/C14H28N6/c1-11(2)20-13(16-10-17-20)9-12(18-15)14(19(3)4)7-5-6-8-14/h10-12,18H,5-9,15H2,1-4H3. The van der Waals surface area contributed by atoms with Gasteiger partial charge in [0, 0.05) is 24.0 Å². The average molecular weight is 280 g/mol. The lowest BCUT2D eigenvalue weighted by atomic mass is 9.85. The summed E-state index contributed by atoms with van der Waals surface area (Å²) in [6.07, 6.45) is 7.36. The largest absolute Gasteiger partial charge is 0.302 e. The zero-order chi connectivity index (χ0) is 14.8. The van der Waals surface area contributed by atoms with Crippen LogP contribution in [0.5, 0.6) is 0 Å². The number of nitrogens with two attached hydrogens (primary N) is 1. The molecule has 1 aromatic heterocycles. The van der Waals surface area contributed by atoms with Crippen molar-refractivity contribution in [2.75, 3.05) is 14.1 Å². The molecule has 1 unspecified atom stereocenters. The van der Waals surface area contributed by atoms with Crippen LogP contribution in [0.15, 0.2) is 6.33 Å². The lowest BCUT2D eigenvalue weighted by Gasteiger charge is -2.43. The van der Waals surface area contributed by atoms with Crippen LogP contribution < -0.4 is 11.3 Å². The Hall–Kier alpha value is -0.980. The van der Waals surface area contributed by atoms with E-state index in [1.165, 1.54) is 25.7 Å². The Morgan fingerprint density at radius 2 is 2.05 bits per heavy atom. The summed E-state index contributed by atoms with van der Waals surface area (Å²) in [5.41, 5.74) is 3.18. The number of nitrogens with zero attached hydrogens (tertiary/aromatic N) is 4. The molecule has 6 heteroatoms. The molecular formula is C14H28N6.